The van der Waals surface area contributed by atoms with Crippen molar-refractivity contribution in [1.29, 1.82) is 0 Å². The molecule has 0 bridgehead atoms. The summed E-state index contributed by atoms with van der Waals surface area (Å²) in [5.74, 6) is 2.17. The van der Waals surface area contributed by atoms with E-state index in [0.717, 1.165) is 31.5 Å². The highest BCUT2D eigenvalue weighted by atomic mass is 16.5. The lowest BCUT2D eigenvalue weighted by molar-refractivity contribution is 0.212. The molecule has 0 amide bonds. The molecule has 3 heteroatoms. The predicted octanol–water partition coefficient (Wildman–Crippen LogP) is 3.12. The molecule has 1 N–H and O–H groups in total. The second-order valence-electron chi connectivity index (χ2n) is 5.93. The number of piperidine rings is 1. The number of pyridine rings is 1. The Balaban J connectivity index is 1.50. The molecule has 0 radical (unpaired) electrons. The van der Waals surface area contributed by atoms with Crippen LogP contribution in [0, 0.1) is 5.92 Å². The van der Waals surface area contributed by atoms with Gasteiger partial charge in [0.05, 0.1) is 6.61 Å². The molecule has 1 atom stereocenters. The summed E-state index contributed by atoms with van der Waals surface area (Å²) < 4.78 is 5.81. The lowest BCUT2D eigenvalue weighted by atomic mass is 10.00. The van der Waals surface area contributed by atoms with E-state index in [1.54, 1.807) is 0 Å². The smallest absolute Gasteiger partial charge is 0.213 e. The number of rotatable bonds is 4. The second-order valence-corrected chi connectivity index (χ2v) is 5.93. The SMILES string of the molecule is c1cc(OCC2CCCNC2)ncc1C1CCCC1. The zero-order chi connectivity index (χ0) is 12.9. The normalized spacial score (nSPS) is 24.5. The average Bonchev–Trinajstić information content (AvgIpc) is 3.01. The first-order chi connectivity index (χ1) is 9.42. The van der Waals surface area contributed by atoms with Crippen molar-refractivity contribution in [2.24, 2.45) is 5.92 Å². The lowest BCUT2D eigenvalue weighted by Crippen LogP contribution is -2.33. The van der Waals surface area contributed by atoms with E-state index >= 15 is 0 Å². The third kappa shape index (κ3) is 3.47. The van der Waals surface area contributed by atoms with Crippen LogP contribution >= 0.6 is 0 Å². The van der Waals surface area contributed by atoms with Crippen molar-refractivity contribution < 1.29 is 4.74 Å². The third-order valence-electron chi connectivity index (χ3n) is 4.45. The topological polar surface area (TPSA) is 34.1 Å². The largest absolute Gasteiger partial charge is 0.477 e. The molecule has 3 nitrogen and oxygen atoms in total. The fourth-order valence-electron chi connectivity index (χ4n) is 3.25. The van der Waals surface area contributed by atoms with Crippen LogP contribution < -0.4 is 10.1 Å². The zero-order valence-electron chi connectivity index (χ0n) is 11.6. The van der Waals surface area contributed by atoms with E-state index < -0.39 is 0 Å². The summed E-state index contributed by atoms with van der Waals surface area (Å²) in [5, 5.41) is 3.42. The van der Waals surface area contributed by atoms with E-state index in [0.29, 0.717) is 5.92 Å². The van der Waals surface area contributed by atoms with Gasteiger partial charge in [-0.05, 0) is 43.7 Å². The monoisotopic (exact) mass is 260 g/mol. The minimum atomic E-state index is 0.644. The summed E-state index contributed by atoms with van der Waals surface area (Å²) in [5.41, 5.74) is 1.39. The fraction of sp³-hybridized carbons (Fsp3) is 0.688. The van der Waals surface area contributed by atoms with E-state index in [9.17, 15) is 0 Å². The maximum Gasteiger partial charge on any atom is 0.213 e. The van der Waals surface area contributed by atoms with Gasteiger partial charge in [-0.15, -0.1) is 0 Å². The van der Waals surface area contributed by atoms with Crippen molar-refractivity contribution in [3.8, 4) is 5.88 Å². The van der Waals surface area contributed by atoms with E-state index in [1.165, 1.54) is 44.1 Å². The Morgan fingerprint density at radius 2 is 2.05 bits per heavy atom. The number of aromatic nitrogens is 1. The van der Waals surface area contributed by atoms with Gasteiger partial charge >= 0.3 is 0 Å². The van der Waals surface area contributed by atoms with Crippen molar-refractivity contribution in [3.05, 3.63) is 23.9 Å². The summed E-state index contributed by atoms with van der Waals surface area (Å²) in [6.45, 7) is 3.04. The van der Waals surface area contributed by atoms with Gasteiger partial charge in [0, 0.05) is 24.7 Å². The van der Waals surface area contributed by atoms with E-state index in [2.05, 4.69) is 16.4 Å². The van der Waals surface area contributed by atoms with Crippen molar-refractivity contribution in [2.75, 3.05) is 19.7 Å². The van der Waals surface area contributed by atoms with Gasteiger partial charge in [0.25, 0.3) is 0 Å². The molecule has 1 aromatic rings. The molecule has 1 unspecified atom stereocenters. The van der Waals surface area contributed by atoms with Crippen LogP contribution in [0.25, 0.3) is 0 Å². The Morgan fingerprint density at radius 3 is 2.74 bits per heavy atom. The van der Waals surface area contributed by atoms with Crippen LogP contribution in [0.5, 0.6) is 5.88 Å². The molecule has 1 aliphatic carbocycles. The first-order valence-corrected chi connectivity index (χ1v) is 7.71. The molecule has 0 aromatic carbocycles. The van der Waals surface area contributed by atoms with Crippen molar-refractivity contribution in [1.82, 2.24) is 10.3 Å². The highest BCUT2D eigenvalue weighted by Crippen LogP contribution is 2.33. The third-order valence-corrected chi connectivity index (χ3v) is 4.45. The van der Waals surface area contributed by atoms with Gasteiger partial charge in [-0.1, -0.05) is 18.9 Å². The molecule has 19 heavy (non-hydrogen) atoms. The first-order valence-electron chi connectivity index (χ1n) is 7.71. The average molecular weight is 260 g/mol. The minimum Gasteiger partial charge on any atom is -0.477 e. The Hall–Kier alpha value is -1.09. The first kappa shape index (κ1) is 12.9. The van der Waals surface area contributed by atoms with Gasteiger partial charge < -0.3 is 10.1 Å². The summed E-state index contributed by atoms with van der Waals surface area (Å²) in [7, 11) is 0. The molecule has 2 heterocycles. The summed E-state index contributed by atoms with van der Waals surface area (Å²) in [6.07, 6.45) is 9.96. The highest BCUT2D eigenvalue weighted by Gasteiger charge is 2.17. The quantitative estimate of drug-likeness (QED) is 0.903. The van der Waals surface area contributed by atoms with Gasteiger partial charge in [0.2, 0.25) is 5.88 Å². The minimum absolute atomic E-state index is 0.644. The predicted molar refractivity (Wildman–Crippen MR) is 76.5 cm³/mol. The molecule has 1 aromatic heterocycles. The molecule has 2 fully saturated rings. The van der Waals surface area contributed by atoms with E-state index in [4.69, 9.17) is 4.74 Å². The van der Waals surface area contributed by atoms with Crippen LogP contribution in [0.2, 0.25) is 0 Å². The number of nitrogens with one attached hydrogen (secondary N) is 1. The van der Waals surface area contributed by atoms with Crippen LogP contribution in [0.3, 0.4) is 0 Å². The number of ether oxygens (including phenoxy) is 1. The number of nitrogens with zero attached hydrogens (tertiary/aromatic N) is 1. The van der Waals surface area contributed by atoms with Gasteiger partial charge in [0.15, 0.2) is 0 Å². The van der Waals surface area contributed by atoms with Crippen LogP contribution in [-0.2, 0) is 0 Å². The molecule has 1 saturated heterocycles. The van der Waals surface area contributed by atoms with Gasteiger partial charge in [-0.3, -0.25) is 0 Å². The molecule has 1 saturated carbocycles. The number of hydrogen-bond donors (Lipinski definition) is 1. The number of hydrogen-bond acceptors (Lipinski definition) is 3. The summed E-state index contributed by atoms with van der Waals surface area (Å²) in [4.78, 5) is 4.47. The maximum atomic E-state index is 5.81. The van der Waals surface area contributed by atoms with Gasteiger partial charge in [-0.2, -0.15) is 0 Å². The van der Waals surface area contributed by atoms with E-state index in [-0.39, 0.29) is 0 Å². The summed E-state index contributed by atoms with van der Waals surface area (Å²) in [6, 6.07) is 4.25. The van der Waals surface area contributed by atoms with Gasteiger partial charge in [0.1, 0.15) is 0 Å². The Morgan fingerprint density at radius 1 is 1.16 bits per heavy atom. The standard InChI is InChI=1S/C16H24N2O/c1-2-6-14(5-1)15-7-8-16(18-11-15)19-12-13-4-3-9-17-10-13/h7-8,11,13-14,17H,1-6,9-10,12H2. The van der Waals surface area contributed by atoms with Crippen molar-refractivity contribution in [3.63, 3.8) is 0 Å². The van der Waals surface area contributed by atoms with Crippen LogP contribution in [0.1, 0.15) is 50.0 Å². The van der Waals surface area contributed by atoms with Crippen LogP contribution in [0.15, 0.2) is 18.3 Å². The second kappa shape index (κ2) is 6.38. The fourth-order valence-corrected chi connectivity index (χ4v) is 3.25. The van der Waals surface area contributed by atoms with Gasteiger partial charge in [-0.25, -0.2) is 4.98 Å². The maximum absolute atomic E-state index is 5.81. The molecule has 3 rings (SSSR count). The highest BCUT2D eigenvalue weighted by molar-refractivity contribution is 5.21. The molecule has 104 valence electrons. The molecular weight excluding hydrogens is 236 g/mol. The molecular formula is C16H24N2O. The van der Waals surface area contributed by atoms with E-state index in [1.807, 2.05) is 12.3 Å². The lowest BCUT2D eigenvalue weighted by Gasteiger charge is -2.22. The Labute approximate surface area is 115 Å². The molecule has 1 aliphatic heterocycles. The molecule has 2 aliphatic rings. The Bertz CT molecular complexity index is 378. The van der Waals surface area contributed by atoms with Crippen LogP contribution in [0.4, 0.5) is 0 Å². The van der Waals surface area contributed by atoms with Crippen LogP contribution in [-0.4, -0.2) is 24.7 Å². The zero-order valence-corrected chi connectivity index (χ0v) is 11.6. The molecule has 0 spiro atoms. The van der Waals surface area contributed by atoms with Crippen molar-refractivity contribution >= 4 is 0 Å². The summed E-state index contributed by atoms with van der Waals surface area (Å²) >= 11 is 0. The Kier molecular flexibility index (Phi) is 4.34. The van der Waals surface area contributed by atoms with Crippen molar-refractivity contribution in [2.45, 2.75) is 44.4 Å².